The zero-order chi connectivity index (χ0) is 16.8. The molecule has 1 heterocycles. The smallest absolute Gasteiger partial charge is 0.0914 e. The second-order valence-electron chi connectivity index (χ2n) is 5.93. The standard InChI is InChI=1S/C21H22N2O/c1-16-10-12-17(13-11-16)20(24)15-23-21(18-7-3-2-4-8-18)19-9-5-6-14-22-19/h2-14,20-21,23-24H,15H2,1H3/t20-,21-/m1/s1. The van der Waals surface area contributed by atoms with Crippen LogP contribution in [0, 0.1) is 6.92 Å². The first-order valence-electron chi connectivity index (χ1n) is 8.18. The van der Waals surface area contributed by atoms with Crippen LogP contribution >= 0.6 is 0 Å². The van der Waals surface area contributed by atoms with E-state index in [4.69, 9.17) is 0 Å². The largest absolute Gasteiger partial charge is 0.387 e. The molecule has 3 heteroatoms. The van der Waals surface area contributed by atoms with Gasteiger partial charge in [-0.1, -0.05) is 66.2 Å². The minimum absolute atomic E-state index is 0.0486. The highest BCUT2D eigenvalue weighted by Gasteiger charge is 2.16. The van der Waals surface area contributed by atoms with Crippen molar-refractivity contribution in [2.75, 3.05) is 6.54 Å². The number of hydrogen-bond acceptors (Lipinski definition) is 3. The number of nitrogens with zero attached hydrogens (tertiary/aromatic N) is 1. The molecule has 2 N–H and O–H groups in total. The molecule has 2 aromatic carbocycles. The van der Waals surface area contributed by atoms with E-state index in [1.807, 2.05) is 67.6 Å². The van der Waals surface area contributed by atoms with Gasteiger partial charge in [-0.05, 0) is 30.2 Å². The lowest BCUT2D eigenvalue weighted by Gasteiger charge is -2.21. The van der Waals surface area contributed by atoms with Crippen molar-refractivity contribution in [2.24, 2.45) is 0 Å². The van der Waals surface area contributed by atoms with Crippen molar-refractivity contribution in [1.29, 1.82) is 0 Å². The average molecular weight is 318 g/mol. The maximum Gasteiger partial charge on any atom is 0.0914 e. The molecule has 2 atom stereocenters. The first-order valence-corrected chi connectivity index (χ1v) is 8.18. The van der Waals surface area contributed by atoms with E-state index < -0.39 is 6.10 Å². The normalized spacial score (nSPS) is 13.4. The number of rotatable bonds is 6. The fraction of sp³-hybridized carbons (Fsp3) is 0.190. The van der Waals surface area contributed by atoms with Crippen LogP contribution in [0.2, 0.25) is 0 Å². The lowest BCUT2D eigenvalue weighted by atomic mass is 10.0. The predicted octanol–water partition coefficient (Wildman–Crippen LogP) is 3.80. The Bertz CT molecular complexity index is 702. The Morgan fingerprint density at radius 2 is 1.58 bits per heavy atom. The molecule has 1 aromatic heterocycles. The molecule has 3 aromatic rings. The highest BCUT2D eigenvalue weighted by molar-refractivity contribution is 5.28. The molecule has 0 aliphatic rings. The maximum absolute atomic E-state index is 10.5. The second kappa shape index (κ2) is 7.86. The molecule has 0 aliphatic carbocycles. The van der Waals surface area contributed by atoms with Crippen LogP contribution < -0.4 is 5.32 Å². The highest BCUT2D eigenvalue weighted by Crippen LogP contribution is 2.21. The van der Waals surface area contributed by atoms with Gasteiger partial charge in [-0.3, -0.25) is 4.98 Å². The Hall–Kier alpha value is -2.49. The minimum atomic E-state index is -0.555. The van der Waals surface area contributed by atoms with Gasteiger partial charge in [0, 0.05) is 12.7 Å². The van der Waals surface area contributed by atoms with Crippen LogP contribution in [0.15, 0.2) is 79.0 Å². The molecule has 0 fully saturated rings. The fourth-order valence-corrected chi connectivity index (χ4v) is 2.72. The van der Waals surface area contributed by atoms with Crippen molar-refractivity contribution < 1.29 is 5.11 Å². The van der Waals surface area contributed by atoms with Crippen LogP contribution in [-0.4, -0.2) is 16.6 Å². The zero-order valence-electron chi connectivity index (χ0n) is 13.8. The maximum atomic E-state index is 10.5. The summed E-state index contributed by atoms with van der Waals surface area (Å²) in [6, 6.07) is 24.0. The SMILES string of the molecule is Cc1ccc([C@H](O)CN[C@H](c2ccccc2)c2ccccn2)cc1. The monoisotopic (exact) mass is 318 g/mol. The molecule has 0 unspecified atom stereocenters. The summed E-state index contributed by atoms with van der Waals surface area (Å²) in [5.74, 6) is 0. The van der Waals surface area contributed by atoms with E-state index >= 15 is 0 Å². The van der Waals surface area contributed by atoms with E-state index in [1.54, 1.807) is 6.20 Å². The Morgan fingerprint density at radius 3 is 2.25 bits per heavy atom. The van der Waals surface area contributed by atoms with Crippen LogP contribution in [0.4, 0.5) is 0 Å². The van der Waals surface area contributed by atoms with Gasteiger partial charge < -0.3 is 10.4 Å². The van der Waals surface area contributed by atoms with Crippen molar-refractivity contribution >= 4 is 0 Å². The summed E-state index contributed by atoms with van der Waals surface area (Å²) < 4.78 is 0. The molecule has 0 saturated carbocycles. The summed E-state index contributed by atoms with van der Waals surface area (Å²) in [5, 5.41) is 13.9. The number of aryl methyl sites for hydroxylation is 1. The van der Waals surface area contributed by atoms with E-state index in [-0.39, 0.29) is 6.04 Å². The molecular weight excluding hydrogens is 296 g/mol. The topological polar surface area (TPSA) is 45.1 Å². The molecule has 122 valence electrons. The van der Waals surface area contributed by atoms with E-state index in [9.17, 15) is 5.11 Å². The Balaban J connectivity index is 1.76. The van der Waals surface area contributed by atoms with Crippen molar-refractivity contribution in [3.05, 3.63) is 101 Å². The summed E-state index contributed by atoms with van der Waals surface area (Å²) >= 11 is 0. The number of aliphatic hydroxyl groups is 1. The van der Waals surface area contributed by atoms with Crippen LogP contribution in [0.3, 0.4) is 0 Å². The van der Waals surface area contributed by atoms with Gasteiger partial charge in [0.1, 0.15) is 0 Å². The molecular formula is C21H22N2O. The van der Waals surface area contributed by atoms with E-state index in [1.165, 1.54) is 5.56 Å². The third-order valence-corrected chi connectivity index (χ3v) is 4.09. The lowest BCUT2D eigenvalue weighted by Crippen LogP contribution is -2.28. The number of hydrogen-bond donors (Lipinski definition) is 2. The van der Waals surface area contributed by atoms with Gasteiger partial charge in [0.05, 0.1) is 17.8 Å². The Kier molecular flexibility index (Phi) is 5.36. The summed E-state index contributed by atoms with van der Waals surface area (Å²) in [6.45, 7) is 2.50. The molecule has 0 aliphatic heterocycles. The van der Waals surface area contributed by atoms with E-state index in [2.05, 4.69) is 22.4 Å². The molecule has 0 spiro atoms. The zero-order valence-corrected chi connectivity index (χ0v) is 13.8. The van der Waals surface area contributed by atoms with Gasteiger partial charge in [0.15, 0.2) is 0 Å². The van der Waals surface area contributed by atoms with E-state index in [0.717, 1.165) is 16.8 Å². The van der Waals surface area contributed by atoms with Gasteiger partial charge >= 0.3 is 0 Å². The van der Waals surface area contributed by atoms with Gasteiger partial charge in [-0.2, -0.15) is 0 Å². The number of benzene rings is 2. The number of aliphatic hydroxyl groups excluding tert-OH is 1. The third-order valence-electron chi connectivity index (χ3n) is 4.09. The van der Waals surface area contributed by atoms with Crippen LogP contribution in [0.25, 0.3) is 0 Å². The second-order valence-corrected chi connectivity index (χ2v) is 5.93. The van der Waals surface area contributed by atoms with E-state index in [0.29, 0.717) is 6.54 Å². The van der Waals surface area contributed by atoms with Gasteiger partial charge in [-0.15, -0.1) is 0 Å². The summed E-state index contributed by atoms with van der Waals surface area (Å²) in [5.41, 5.74) is 4.18. The van der Waals surface area contributed by atoms with Crippen LogP contribution in [0.1, 0.15) is 34.5 Å². The molecule has 24 heavy (non-hydrogen) atoms. The summed E-state index contributed by atoms with van der Waals surface area (Å²) in [7, 11) is 0. The van der Waals surface area contributed by atoms with Crippen LogP contribution in [0.5, 0.6) is 0 Å². The molecule has 3 rings (SSSR count). The average Bonchev–Trinajstić information content (AvgIpc) is 2.64. The Labute approximate surface area is 143 Å². The summed E-state index contributed by atoms with van der Waals surface area (Å²) in [6.07, 6.45) is 1.24. The van der Waals surface area contributed by atoms with Gasteiger partial charge in [0.25, 0.3) is 0 Å². The first kappa shape index (κ1) is 16.4. The van der Waals surface area contributed by atoms with Gasteiger partial charge in [0.2, 0.25) is 0 Å². The molecule has 0 saturated heterocycles. The number of aromatic nitrogens is 1. The summed E-state index contributed by atoms with van der Waals surface area (Å²) in [4.78, 5) is 4.47. The van der Waals surface area contributed by atoms with Gasteiger partial charge in [-0.25, -0.2) is 0 Å². The quantitative estimate of drug-likeness (QED) is 0.726. The molecule has 3 nitrogen and oxygen atoms in total. The van der Waals surface area contributed by atoms with Crippen molar-refractivity contribution in [3.63, 3.8) is 0 Å². The predicted molar refractivity (Wildman–Crippen MR) is 96.7 cm³/mol. The molecule has 0 amide bonds. The Morgan fingerprint density at radius 1 is 0.875 bits per heavy atom. The lowest BCUT2D eigenvalue weighted by molar-refractivity contribution is 0.171. The van der Waals surface area contributed by atoms with Crippen molar-refractivity contribution in [2.45, 2.75) is 19.1 Å². The third kappa shape index (κ3) is 4.07. The first-order chi connectivity index (χ1) is 11.7. The van der Waals surface area contributed by atoms with Crippen LogP contribution in [-0.2, 0) is 0 Å². The van der Waals surface area contributed by atoms with Crippen molar-refractivity contribution in [1.82, 2.24) is 10.3 Å². The van der Waals surface area contributed by atoms with Crippen molar-refractivity contribution in [3.8, 4) is 0 Å². The minimum Gasteiger partial charge on any atom is -0.387 e. The molecule has 0 radical (unpaired) electrons. The number of nitrogens with one attached hydrogen (secondary N) is 1. The highest BCUT2D eigenvalue weighted by atomic mass is 16.3. The molecule has 0 bridgehead atoms. The number of pyridine rings is 1. The fourth-order valence-electron chi connectivity index (χ4n) is 2.72.